The first-order chi connectivity index (χ1) is 13.7. The second kappa shape index (κ2) is 13.9. The Bertz CT molecular complexity index is 729. The molecule has 0 heterocycles. The fraction of sp³-hybridized carbons (Fsp3) is 0.409. The van der Waals surface area contributed by atoms with E-state index in [-0.39, 0.29) is 24.0 Å². The highest BCUT2D eigenvalue weighted by Crippen LogP contribution is 2.34. The number of nitrogens with zero attached hydrogens (tertiary/aromatic N) is 1. The summed E-state index contributed by atoms with van der Waals surface area (Å²) in [5.41, 5.74) is 2.29. The molecule has 0 bridgehead atoms. The van der Waals surface area contributed by atoms with Gasteiger partial charge in [-0.3, -0.25) is 4.99 Å². The van der Waals surface area contributed by atoms with Crippen LogP contribution in [0.5, 0.6) is 17.2 Å². The number of nitrogens with one attached hydrogen (secondary N) is 2. The number of methoxy groups -OCH3 is 3. The van der Waals surface area contributed by atoms with Crippen molar-refractivity contribution in [1.29, 1.82) is 0 Å². The molecule has 6 nitrogen and oxygen atoms in total. The van der Waals surface area contributed by atoms with Crippen LogP contribution in [-0.2, 0) is 12.8 Å². The van der Waals surface area contributed by atoms with Crippen molar-refractivity contribution in [2.75, 3.05) is 41.0 Å². The lowest BCUT2D eigenvalue weighted by atomic mass is 10.1. The van der Waals surface area contributed by atoms with Gasteiger partial charge in [-0.15, -0.1) is 24.0 Å². The monoisotopic (exact) mass is 513 g/mol. The zero-order chi connectivity index (χ0) is 20.2. The Morgan fingerprint density at radius 2 is 1.55 bits per heavy atom. The Kier molecular flexibility index (Phi) is 11.9. The van der Waals surface area contributed by atoms with E-state index >= 15 is 0 Å². The van der Waals surface area contributed by atoms with Crippen molar-refractivity contribution in [3.63, 3.8) is 0 Å². The van der Waals surface area contributed by atoms with Crippen LogP contribution in [0.2, 0.25) is 0 Å². The zero-order valence-electron chi connectivity index (χ0n) is 17.7. The maximum Gasteiger partial charge on any atom is 0.191 e. The van der Waals surface area contributed by atoms with Crippen molar-refractivity contribution >= 4 is 29.9 Å². The van der Waals surface area contributed by atoms with Crippen LogP contribution in [0.15, 0.2) is 47.5 Å². The predicted molar refractivity (Wildman–Crippen MR) is 129 cm³/mol. The Morgan fingerprint density at radius 3 is 2.10 bits per heavy atom. The van der Waals surface area contributed by atoms with Gasteiger partial charge in [0.25, 0.3) is 0 Å². The van der Waals surface area contributed by atoms with Crippen LogP contribution in [0.25, 0.3) is 0 Å². The van der Waals surface area contributed by atoms with Gasteiger partial charge in [-0.1, -0.05) is 30.3 Å². The normalized spacial score (nSPS) is 10.7. The molecule has 0 radical (unpaired) electrons. The smallest absolute Gasteiger partial charge is 0.191 e. The van der Waals surface area contributed by atoms with E-state index in [1.165, 1.54) is 5.56 Å². The summed E-state index contributed by atoms with van der Waals surface area (Å²) in [5.74, 6) is 3.00. The molecule has 0 amide bonds. The minimum atomic E-state index is 0. The Hall–Kier alpha value is -2.16. The number of ether oxygens (including phenoxy) is 3. The number of rotatable bonds is 10. The minimum Gasteiger partial charge on any atom is -0.496 e. The molecule has 7 heteroatoms. The Morgan fingerprint density at radius 1 is 0.897 bits per heavy atom. The van der Waals surface area contributed by atoms with Crippen molar-refractivity contribution in [1.82, 2.24) is 10.6 Å². The van der Waals surface area contributed by atoms with Gasteiger partial charge >= 0.3 is 0 Å². The van der Waals surface area contributed by atoms with Crippen LogP contribution in [0.1, 0.15) is 18.1 Å². The molecule has 0 spiro atoms. The number of guanidine groups is 1. The average Bonchev–Trinajstić information content (AvgIpc) is 2.74. The lowest BCUT2D eigenvalue weighted by Crippen LogP contribution is -2.38. The van der Waals surface area contributed by atoms with E-state index in [1.807, 2.05) is 18.2 Å². The second-order valence-electron chi connectivity index (χ2n) is 6.18. The fourth-order valence-corrected chi connectivity index (χ4v) is 2.92. The van der Waals surface area contributed by atoms with Crippen molar-refractivity contribution in [2.45, 2.75) is 19.8 Å². The van der Waals surface area contributed by atoms with Gasteiger partial charge in [0, 0.05) is 37.3 Å². The van der Waals surface area contributed by atoms with Crippen LogP contribution in [0.4, 0.5) is 0 Å². The lowest BCUT2D eigenvalue weighted by molar-refractivity contribution is 0.369. The highest BCUT2D eigenvalue weighted by molar-refractivity contribution is 14.0. The van der Waals surface area contributed by atoms with Gasteiger partial charge < -0.3 is 24.8 Å². The third kappa shape index (κ3) is 8.00. The standard InChI is InChI=1S/C22H31N3O3.HI/c1-5-23-22(24-13-11-17-9-7-6-8-10-17)25-14-12-19-20(27-3)15-18(26-2)16-21(19)28-4;/h6-10,15-16H,5,11-14H2,1-4H3,(H2,23,24,25);1H. The molecular formula is C22H32IN3O3. The van der Waals surface area contributed by atoms with Crippen molar-refractivity contribution < 1.29 is 14.2 Å². The number of hydrogen-bond acceptors (Lipinski definition) is 4. The highest BCUT2D eigenvalue weighted by Gasteiger charge is 2.13. The van der Waals surface area contributed by atoms with E-state index in [9.17, 15) is 0 Å². The molecule has 0 unspecified atom stereocenters. The number of halogens is 1. The zero-order valence-corrected chi connectivity index (χ0v) is 20.0. The topological polar surface area (TPSA) is 64.1 Å². The number of hydrogen-bond donors (Lipinski definition) is 2. The molecule has 29 heavy (non-hydrogen) atoms. The summed E-state index contributed by atoms with van der Waals surface area (Å²) in [6, 6.07) is 14.1. The first-order valence-corrected chi connectivity index (χ1v) is 9.56. The summed E-state index contributed by atoms with van der Waals surface area (Å²) >= 11 is 0. The van der Waals surface area contributed by atoms with Gasteiger partial charge in [-0.05, 0) is 25.3 Å². The minimum absolute atomic E-state index is 0. The molecule has 2 N–H and O–H groups in total. The summed E-state index contributed by atoms with van der Waals surface area (Å²) < 4.78 is 16.3. The molecule has 0 aliphatic carbocycles. The van der Waals surface area contributed by atoms with Crippen molar-refractivity contribution in [2.24, 2.45) is 4.99 Å². The molecule has 0 fully saturated rings. The molecule has 160 valence electrons. The van der Waals surface area contributed by atoms with Gasteiger partial charge in [-0.2, -0.15) is 0 Å². The molecule has 2 aromatic carbocycles. The SMILES string of the molecule is CCNC(=NCCc1c(OC)cc(OC)cc1OC)NCCc1ccccc1.I. The first kappa shape index (κ1) is 24.9. The summed E-state index contributed by atoms with van der Waals surface area (Å²) in [4.78, 5) is 4.69. The molecule has 0 saturated carbocycles. The van der Waals surface area contributed by atoms with Gasteiger partial charge in [-0.25, -0.2) is 0 Å². The Labute approximate surface area is 191 Å². The van der Waals surface area contributed by atoms with E-state index in [2.05, 4.69) is 46.8 Å². The highest BCUT2D eigenvalue weighted by atomic mass is 127. The maximum absolute atomic E-state index is 5.51. The van der Waals surface area contributed by atoms with Crippen molar-refractivity contribution in [3.8, 4) is 17.2 Å². The average molecular weight is 513 g/mol. The molecule has 0 atom stereocenters. The largest absolute Gasteiger partial charge is 0.496 e. The first-order valence-electron chi connectivity index (χ1n) is 9.56. The molecule has 2 rings (SSSR count). The number of benzene rings is 2. The predicted octanol–water partition coefficient (Wildman–Crippen LogP) is 3.67. The van der Waals surface area contributed by atoms with E-state index in [1.54, 1.807) is 21.3 Å². The number of aliphatic imine (C=N–C) groups is 1. The molecule has 0 aliphatic heterocycles. The molecule has 0 aromatic heterocycles. The van der Waals surface area contributed by atoms with E-state index in [4.69, 9.17) is 14.2 Å². The van der Waals surface area contributed by atoms with Gasteiger partial charge in [0.05, 0.1) is 21.3 Å². The summed E-state index contributed by atoms with van der Waals surface area (Å²) in [5, 5.41) is 6.67. The van der Waals surface area contributed by atoms with E-state index < -0.39 is 0 Å². The van der Waals surface area contributed by atoms with E-state index in [0.29, 0.717) is 18.7 Å². The van der Waals surface area contributed by atoms with Gasteiger partial charge in [0.15, 0.2) is 5.96 Å². The summed E-state index contributed by atoms with van der Waals surface area (Å²) in [7, 11) is 4.92. The van der Waals surface area contributed by atoms with Crippen LogP contribution in [0.3, 0.4) is 0 Å². The summed E-state index contributed by atoms with van der Waals surface area (Å²) in [6.45, 7) is 4.31. The molecule has 2 aromatic rings. The third-order valence-electron chi connectivity index (χ3n) is 4.34. The Balaban J connectivity index is 0.00000420. The third-order valence-corrected chi connectivity index (χ3v) is 4.34. The fourth-order valence-electron chi connectivity index (χ4n) is 2.92. The quantitative estimate of drug-likeness (QED) is 0.289. The van der Waals surface area contributed by atoms with E-state index in [0.717, 1.165) is 42.5 Å². The maximum atomic E-state index is 5.51. The molecule has 0 saturated heterocycles. The van der Waals surface area contributed by atoms with Crippen LogP contribution in [0, 0.1) is 0 Å². The van der Waals surface area contributed by atoms with Crippen LogP contribution >= 0.6 is 24.0 Å². The van der Waals surface area contributed by atoms with Crippen LogP contribution < -0.4 is 24.8 Å². The van der Waals surface area contributed by atoms with Gasteiger partial charge in [0.2, 0.25) is 0 Å². The second-order valence-corrected chi connectivity index (χ2v) is 6.18. The molecular weight excluding hydrogens is 481 g/mol. The van der Waals surface area contributed by atoms with Crippen molar-refractivity contribution in [3.05, 3.63) is 53.6 Å². The summed E-state index contributed by atoms with van der Waals surface area (Å²) in [6.07, 6.45) is 1.65. The van der Waals surface area contributed by atoms with Gasteiger partial charge in [0.1, 0.15) is 17.2 Å². The lowest BCUT2D eigenvalue weighted by Gasteiger charge is -2.15. The van der Waals surface area contributed by atoms with Crippen LogP contribution in [-0.4, -0.2) is 46.9 Å². The molecule has 0 aliphatic rings.